The van der Waals surface area contributed by atoms with Gasteiger partial charge in [0.1, 0.15) is 11.6 Å². The van der Waals surface area contributed by atoms with Gasteiger partial charge in [-0.2, -0.15) is 4.98 Å². The van der Waals surface area contributed by atoms with E-state index in [4.69, 9.17) is 4.74 Å². The Balaban J connectivity index is 1.61. The van der Waals surface area contributed by atoms with Crippen molar-refractivity contribution in [2.45, 2.75) is 20.8 Å². The molecule has 0 unspecified atom stereocenters. The van der Waals surface area contributed by atoms with E-state index in [2.05, 4.69) is 31.2 Å². The molecular formula is C22H26N6O2. The number of rotatable bonds is 8. The van der Waals surface area contributed by atoms with E-state index in [1.807, 2.05) is 69.3 Å². The van der Waals surface area contributed by atoms with Crippen LogP contribution in [-0.4, -0.2) is 29.2 Å². The number of anilines is 5. The summed E-state index contributed by atoms with van der Waals surface area (Å²) in [5.74, 6) is 1.92. The Morgan fingerprint density at radius 2 is 1.70 bits per heavy atom. The second-order valence-corrected chi connectivity index (χ2v) is 6.46. The molecule has 3 aromatic rings. The molecule has 2 amide bonds. The molecule has 1 heterocycles. The number of aryl methyl sites for hydroxylation is 1. The molecule has 0 radical (unpaired) electrons. The standard InChI is InChI=1S/C22H26N6O2/c1-4-23-21-24-15(3)14-20(28-21)25-16-10-12-17(13-11-16)26-22(29)27-18-8-6-7-9-19(18)30-5-2/h6-14H,4-5H2,1-3H3,(H2,26,27,29)(H2,23,24,25,28). The summed E-state index contributed by atoms with van der Waals surface area (Å²) in [5.41, 5.74) is 3.00. The monoisotopic (exact) mass is 406 g/mol. The van der Waals surface area contributed by atoms with Crippen LogP contribution in [0.25, 0.3) is 0 Å². The zero-order valence-corrected chi connectivity index (χ0v) is 17.3. The fourth-order valence-electron chi connectivity index (χ4n) is 2.79. The zero-order chi connectivity index (χ0) is 21.3. The minimum Gasteiger partial charge on any atom is -0.492 e. The van der Waals surface area contributed by atoms with Crippen LogP contribution in [0.4, 0.5) is 33.6 Å². The second-order valence-electron chi connectivity index (χ2n) is 6.46. The van der Waals surface area contributed by atoms with Crippen LogP contribution >= 0.6 is 0 Å². The minimum atomic E-state index is -0.343. The highest BCUT2D eigenvalue weighted by Crippen LogP contribution is 2.24. The number of nitrogens with zero attached hydrogens (tertiary/aromatic N) is 2. The molecule has 0 bridgehead atoms. The van der Waals surface area contributed by atoms with Crippen molar-refractivity contribution < 1.29 is 9.53 Å². The maximum Gasteiger partial charge on any atom is 0.323 e. The summed E-state index contributed by atoms with van der Waals surface area (Å²) in [6.07, 6.45) is 0. The van der Waals surface area contributed by atoms with Gasteiger partial charge < -0.3 is 26.0 Å². The summed E-state index contributed by atoms with van der Waals surface area (Å²) in [6, 6.07) is 16.2. The lowest BCUT2D eigenvalue weighted by Crippen LogP contribution is -2.19. The highest BCUT2D eigenvalue weighted by atomic mass is 16.5. The van der Waals surface area contributed by atoms with Gasteiger partial charge in [0, 0.05) is 29.7 Å². The number of carbonyl (C=O) groups excluding carboxylic acids is 1. The Morgan fingerprint density at radius 1 is 0.967 bits per heavy atom. The molecule has 0 aliphatic carbocycles. The Labute approximate surface area is 176 Å². The molecule has 0 aliphatic heterocycles. The first-order valence-electron chi connectivity index (χ1n) is 9.84. The average molecular weight is 406 g/mol. The molecule has 4 N–H and O–H groups in total. The summed E-state index contributed by atoms with van der Waals surface area (Å²) >= 11 is 0. The van der Waals surface area contributed by atoms with Crippen LogP contribution in [0, 0.1) is 6.92 Å². The Bertz CT molecular complexity index is 991. The van der Waals surface area contributed by atoms with Crippen LogP contribution in [0.2, 0.25) is 0 Å². The Hall–Kier alpha value is -3.81. The van der Waals surface area contributed by atoms with Crippen molar-refractivity contribution in [1.82, 2.24) is 9.97 Å². The third-order valence-electron chi connectivity index (χ3n) is 4.04. The summed E-state index contributed by atoms with van der Waals surface area (Å²) in [4.78, 5) is 21.1. The quantitative estimate of drug-likeness (QED) is 0.420. The smallest absolute Gasteiger partial charge is 0.323 e. The summed E-state index contributed by atoms with van der Waals surface area (Å²) in [6.45, 7) is 7.09. The fraction of sp³-hybridized carbons (Fsp3) is 0.227. The number of para-hydroxylation sites is 2. The predicted molar refractivity (Wildman–Crippen MR) is 121 cm³/mol. The summed E-state index contributed by atoms with van der Waals surface area (Å²) in [5, 5.41) is 12.0. The number of benzene rings is 2. The van der Waals surface area contributed by atoms with Crippen molar-refractivity contribution in [2.24, 2.45) is 0 Å². The van der Waals surface area contributed by atoms with Crippen LogP contribution in [0.3, 0.4) is 0 Å². The van der Waals surface area contributed by atoms with Gasteiger partial charge in [0.05, 0.1) is 12.3 Å². The fourth-order valence-corrected chi connectivity index (χ4v) is 2.79. The lowest BCUT2D eigenvalue weighted by atomic mass is 10.2. The lowest BCUT2D eigenvalue weighted by molar-refractivity contribution is 0.262. The molecule has 8 heteroatoms. The van der Waals surface area contributed by atoms with Gasteiger partial charge in [0.15, 0.2) is 0 Å². The number of ether oxygens (including phenoxy) is 1. The molecule has 0 fully saturated rings. The first-order chi connectivity index (χ1) is 14.6. The minimum absolute atomic E-state index is 0.343. The number of aromatic nitrogens is 2. The number of carbonyl (C=O) groups is 1. The van der Waals surface area contributed by atoms with Crippen molar-refractivity contribution in [1.29, 1.82) is 0 Å². The SMILES string of the molecule is CCNc1nc(C)cc(Nc2ccc(NC(=O)Nc3ccccc3OCC)cc2)n1. The number of hydrogen-bond donors (Lipinski definition) is 4. The van der Waals surface area contributed by atoms with E-state index in [1.165, 1.54) is 0 Å². The molecule has 0 spiro atoms. The zero-order valence-electron chi connectivity index (χ0n) is 17.3. The third kappa shape index (κ3) is 5.84. The van der Waals surface area contributed by atoms with Crippen molar-refractivity contribution >= 4 is 34.9 Å². The highest BCUT2D eigenvalue weighted by Gasteiger charge is 2.08. The Kier molecular flexibility index (Phi) is 7.05. The van der Waals surface area contributed by atoms with Gasteiger partial charge in [-0.05, 0) is 57.2 Å². The van der Waals surface area contributed by atoms with Crippen LogP contribution < -0.4 is 26.0 Å². The van der Waals surface area contributed by atoms with Gasteiger partial charge in [-0.1, -0.05) is 12.1 Å². The molecule has 1 aromatic heterocycles. The molecule has 156 valence electrons. The maximum absolute atomic E-state index is 12.3. The average Bonchev–Trinajstić information content (AvgIpc) is 2.71. The molecule has 0 saturated carbocycles. The molecule has 2 aromatic carbocycles. The molecule has 30 heavy (non-hydrogen) atoms. The highest BCUT2D eigenvalue weighted by molar-refractivity contribution is 6.00. The Morgan fingerprint density at radius 3 is 2.43 bits per heavy atom. The van der Waals surface area contributed by atoms with E-state index in [0.29, 0.717) is 35.5 Å². The molecule has 0 saturated heterocycles. The van der Waals surface area contributed by atoms with E-state index in [0.717, 1.165) is 17.9 Å². The van der Waals surface area contributed by atoms with Gasteiger partial charge in [0.2, 0.25) is 5.95 Å². The first kappa shape index (κ1) is 20.9. The van der Waals surface area contributed by atoms with Crippen LogP contribution in [0.15, 0.2) is 54.6 Å². The van der Waals surface area contributed by atoms with E-state index in [9.17, 15) is 4.79 Å². The molecule has 0 atom stereocenters. The summed E-state index contributed by atoms with van der Waals surface area (Å²) < 4.78 is 5.53. The third-order valence-corrected chi connectivity index (χ3v) is 4.04. The molecule has 8 nitrogen and oxygen atoms in total. The van der Waals surface area contributed by atoms with Gasteiger partial charge >= 0.3 is 6.03 Å². The van der Waals surface area contributed by atoms with Crippen LogP contribution in [0.1, 0.15) is 19.5 Å². The van der Waals surface area contributed by atoms with Crippen LogP contribution in [0.5, 0.6) is 5.75 Å². The van der Waals surface area contributed by atoms with Crippen LogP contribution in [-0.2, 0) is 0 Å². The van der Waals surface area contributed by atoms with E-state index >= 15 is 0 Å². The van der Waals surface area contributed by atoms with Crippen molar-refractivity contribution in [3.8, 4) is 5.75 Å². The van der Waals surface area contributed by atoms with E-state index in [1.54, 1.807) is 6.07 Å². The van der Waals surface area contributed by atoms with E-state index in [-0.39, 0.29) is 6.03 Å². The molecule has 0 aliphatic rings. The van der Waals surface area contributed by atoms with Gasteiger partial charge in [-0.15, -0.1) is 0 Å². The maximum atomic E-state index is 12.3. The largest absolute Gasteiger partial charge is 0.492 e. The van der Waals surface area contributed by atoms with Gasteiger partial charge in [0.25, 0.3) is 0 Å². The number of amides is 2. The second kappa shape index (κ2) is 10.1. The van der Waals surface area contributed by atoms with Crippen molar-refractivity contribution in [3.63, 3.8) is 0 Å². The van der Waals surface area contributed by atoms with E-state index < -0.39 is 0 Å². The molecule has 3 rings (SSSR count). The lowest BCUT2D eigenvalue weighted by Gasteiger charge is -2.13. The molecular weight excluding hydrogens is 380 g/mol. The summed E-state index contributed by atoms with van der Waals surface area (Å²) in [7, 11) is 0. The predicted octanol–water partition coefficient (Wildman–Crippen LogP) is 5.00. The van der Waals surface area contributed by atoms with Gasteiger partial charge in [-0.3, -0.25) is 0 Å². The number of urea groups is 1. The first-order valence-corrected chi connectivity index (χ1v) is 9.84. The number of nitrogens with one attached hydrogen (secondary N) is 4. The van der Waals surface area contributed by atoms with Gasteiger partial charge in [-0.25, -0.2) is 9.78 Å². The number of hydrogen-bond acceptors (Lipinski definition) is 6. The topological polar surface area (TPSA) is 100 Å². The van der Waals surface area contributed by atoms with Crippen molar-refractivity contribution in [3.05, 3.63) is 60.3 Å². The normalized spacial score (nSPS) is 10.2. The van der Waals surface area contributed by atoms with Crippen molar-refractivity contribution in [2.75, 3.05) is 34.4 Å².